The summed E-state index contributed by atoms with van der Waals surface area (Å²) in [5.74, 6) is 2.00. The normalized spacial score (nSPS) is 11.6. The van der Waals surface area contributed by atoms with Gasteiger partial charge in [-0.15, -0.1) is 6.58 Å². The maximum atomic E-state index is 11.8. The van der Waals surface area contributed by atoms with Crippen LogP contribution in [-0.2, 0) is 17.8 Å². The van der Waals surface area contributed by atoms with E-state index in [9.17, 15) is 14.9 Å². The number of amides is 1. The molecule has 39 heavy (non-hydrogen) atoms. The molecule has 0 aliphatic carbocycles. The molecule has 210 valence electrons. The van der Waals surface area contributed by atoms with Gasteiger partial charge in [-0.2, -0.15) is 17.0 Å². The van der Waals surface area contributed by atoms with E-state index in [0.717, 1.165) is 54.9 Å². The third-order valence-electron chi connectivity index (χ3n) is 6.04. The van der Waals surface area contributed by atoms with Crippen molar-refractivity contribution in [2.24, 2.45) is 0 Å². The zero-order valence-corrected chi connectivity index (χ0v) is 24.2. The Labute approximate surface area is 236 Å². The van der Waals surface area contributed by atoms with Crippen LogP contribution < -0.4 is 16.0 Å². The third-order valence-corrected chi connectivity index (χ3v) is 6.87. The van der Waals surface area contributed by atoms with Crippen LogP contribution >= 0.6 is 11.8 Å². The lowest BCUT2D eigenvalue weighted by atomic mass is 10.1. The number of hydrogen-bond acceptors (Lipinski definition) is 10. The van der Waals surface area contributed by atoms with Gasteiger partial charge in [0.15, 0.2) is 6.29 Å². The number of carbonyl (C=O) groups is 2. The second-order valence-electron chi connectivity index (χ2n) is 9.47. The summed E-state index contributed by atoms with van der Waals surface area (Å²) in [5.41, 5.74) is 3.27. The van der Waals surface area contributed by atoms with Gasteiger partial charge in [-0.25, -0.2) is 9.97 Å². The number of thioether (sulfide) groups is 1. The largest absolute Gasteiger partial charge is 0.381 e. The quantitative estimate of drug-likeness (QED) is 0.135. The van der Waals surface area contributed by atoms with Crippen molar-refractivity contribution in [3.63, 3.8) is 0 Å². The number of likely N-dealkylation sites (N-methyl/N-ethyl adjacent to an activating group) is 2. The van der Waals surface area contributed by atoms with Crippen molar-refractivity contribution in [3.8, 4) is 6.07 Å². The molecule has 11 heteroatoms. The van der Waals surface area contributed by atoms with Crippen LogP contribution in [-0.4, -0.2) is 90.8 Å². The summed E-state index contributed by atoms with van der Waals surface area (Å²) in [6.07, 6.45) is 8.18. The second kappa shape index (κ2) is 17.2. The highest BCUT2D eigenvalue weighted by atomic mass is 32.2. The molecule has 1 unspecified atom stereocenters. The summed E-state index contributed by atoms with van der Waals surface area (Å²) in [4.78, 5) is 36.1. The van der Waals surface area contributed by atoms with Crippen LogP contribution in [0.5, 0.6) is 0 Å². The number of nitrogens with one attached hydrogen (secondary N) is 3. The number of nitriles is 1. The second-order valence-corrected chi connectivity index (χ2v) is 10.4. The number of aldehydes is 1. The first-order chi connectivity index (χ1) is 18.8. The molecular formula is C28H40N8O2S. The molecule has 0 aliphatic rings. The molecule has 1 amide bonds. The highest BCUT2D eigenvalue weighted by Gasteiger charge is 2.14. The van der Waals surface area contributed by atoms with Crippen molar-refractivity contribution in [3.05, 3.63) is 53.4 Å². The van der Waals surface area contributed by atoms with E-state index in [4.69, 9.17) is 0 Å². The Balaban J connectivity index is 2.07. The van der Waals surface area contributed by atoms with Crippen LogP contribution in [0.3, 0.4) is 0 Å². The lowest BCUT2D eigenvalue weighted by molar-refractivity contribution is -0.105. The Kier molecular flexibility index (Phi) is 14.0. The molecule has 2 rings (SSSR count). The number of anilines is 3. The van der Waals surface area contributed by atoms with E-state index in [1.807, 2.05) is 38.6 Å². The molecule has 0 radical (unpaired) electrons. The highest BCUT2D eigenvalue weighted by molar-refractivity contribution is 7.98. The van der Waals surface area contributed by atoms with Gasteiger partial charge in [-0.1, -0.05) is 6.08 Å². The predicted octanol–water partition coefficient (Wildman–Crippen LogP) is 3.49. The van der Waals surface area contributed by atoms with Crippen LogP contribution in [0, 0.1) is 11.3 Å². The minimum absolute atomic E-state index is 0.217. The molecule has 0 bridgehead atoms. The Morgan fingerprint density at radius 3 is 2.64 bits per heavy atom. The van der Waals surface area contributed by atoms with Gasteiger partial charge < -0.3 is 25.8 Å². The molecule has 3 N–H and O–H groups in total. The first kappa shape index (κ1) is 31.8. The van der Waals surface area contributed by atoms with Gasteiger partial charge in [0.25, 0.3) is 0 Å². The van der Waals surface area contributed by atoms with E-state index in [0.29, 0.717) is 48.8 Å². The molecule has 0 fully saturated rings. The van der Waals surface area contributed by atoms with E-state index >= 15 is 0 Å². The zero-order chi connectivity index (χ0) is 28.6. The topological polar surface area (TPSA) is 126 Å². The minimum atomic E-state index is 0.217. The van der Waals surface area contributed by atoms with Crippen molar-refractivity contribution >= 4 is 41.8 Å². The average Bonchev–Trinajstić information content (AvgIpc) is 2.91. The number of aryl methyl sites for hydroxylation is 1. The van der Waals surface area contributed by atoms with Gasteiger partial charge in [0.2, 0.25) is 6.41 Å². The Morgan fingerprint density at radius 2 is 1.97 bits per heavy atom. The van der Waals surface area contributed by atoms with Gasteiger partial charge in [-0.05, 0) is 57.3 Å². The van der Waals surface area contributed by atoms with Gasteiger partial charge in [0.1, 0.15) is 23.4 Å². The molecule has 0 saturated heterocycles. The zero-order valence-electron chi connectivity index (χ0n) is 23.4. The predicted molar refractivity (Wildman–Crippen MR) is 161 cm³/mol. The molecule has 0 aromatic carbocycles. The number of rotatable bonds is 19. The summed E-state index contributed by atoms with van der Waals surface area (Å²) in [6, 6.07) is 6.22. The highest BCUT2D eigenvalue weighted by Crippen LogP contribution is 2.22. The fraction of sp³-hybridized carbons (Fsp3) is 0.464. The first-order valence-corrected chi connectivity index (χ1v) is 14.3. The minimum Gasteiger partial charge on any atom is -0.381 e. The van der Waals surface area contributed by atoms with E-state index in [2.05, 4.69) is 55.3 Å². The maximum absolute atomic E-state index is 11.8. The van der Waals surface area contributed by atoms with Gasteiger partial charge >= 0.3 is 0 Å². The fourth-order valence-electron chi connectivity index (χ4n) is 4.05. The smallest absolute Gasteiger partial charge is 0.212 e. The van der Waals surface area contributed by atoms with Crippen LogP contribution in [0.15, 0.2) is 31.0 Å². The van der Waals surface area contributed by atoms with Crippen molar-refractivity contribution < 1.29 is 9.59 Å². The monoisotopic (exact) mass is 552 g/mol. The molecule has 2 heterocycles. The summed E-state index contributed by atoms with van der Waals surface area (Å²) < 4.78 is 0. The van der Waals surface area contributed by atoms with Crippen LogP contribution in [0.2, 0.25) is 0 Å². The van der Waals surface area contributed by atoms with Crippen molar-refractivity contribution in [1.29, 1.82) is 5.26 Å². The summed E-state index contributed by atoms with van der Waals surface area (Å²) in [6.45, 7) is 9.54. The fourth-order valence-corrected chi connectivity index (χ4v) is 4.64. The molecule has 10 nitrogen and oxygen atoms in total. The molecule has 0 spiro atoms. The number of aromatic nitrogens is 2. The van der Waals surface area contributed by atoms with Crippen LogP contribution in [0.25, 0.3) is 0 Å². The summed E-state index contributed by atoms with van der Waals surface area (Å²) >= 11 is 1.74. The standard InChI is InChI=1S/C28H40N8O2S/c1-6-10-35(3)11-12-36(4)17-23-13-22(28(32-20-38)34-26(23)18-37)8-7-9-30-27-14-25(24(15-29)16-31-27)33-21(2)19-39-5/h6,13-14,16,18,20-21H,1,7-12,17,19H2,2-5H3,(H2,30,31,33)(H,32,34,38). The Morgan fingerprint density at radius 1 is 1.21 bits per heavy atom. The Hall–Kier alpha value is -3.46. The van der Waals surface area contributed by atoms with Gasteiger partial charge in [-0.3, -0.25) is 9.59 Å². The van der Waals surface area contributed by atoms with Crippen molar-refractivity contribution in [1.82, 2.24) is 19.8 Å². The molecule has 0 aliphatic heterocycles. The van der Waals surface area contributed by atoms with E-state index in [-0.39, 0.29) is 6.04 Å². The van der Waals surface area contributed by atoms with Crippen molar-refractivity contribution in [2.45, 2.75) is 32.4 Å². The van der Waals surface area contributed by atoms with E-state index in [1.54, 1.807) is 18.0 Å². The SMILES string of the molecule is C=CCN(C)CCN(C)Cc1cc(CCCNc2cc(NC(C)CSC)c(C#N)cn2)c(NC=O)nc1C=O. The summed E-state index contributed by atoms with van der Waals surface area (Å²) in [5, 5.41) is 18.8. The lowest BCUT2D eigenvalue weighted by Gasteiger charge is -2.22. The van der Waals surface area contributed by atoms with Crippen LogP contribution in [0.4, 0.5) is 17.3 Å². The number of nitrogens with zero attached hydrogens (tertiary/aromatic N) is 5. The van der Waals surface area contributed by atoms with Gasteiger partial charge in [0.05, 0.1) is 11.3 Å². The van der Waals surface area contributed by atoms with Crippen molar-refractivity contribution in [2.75, 3.05) is 68.2 Å². The maximum Gasteiger partial charge on any atom is 0.212 e. The number of hydrogen-bond donors (Lipinski definition) is 3. The first-order valence-electron chi connectivity index (χ1n) is 12.9. The summed E-state index contributed by atoms with van der Waals surface area (Å²) in [7, 11) is 4.05. The number of carbonyl (C=O) groups excluding carboxylic acids is 2. The molecule has 2 aromatic heterocycles. The molecule has 2 aromatic rings. The molecule has 1 atom stereocenters. The molecule has 0 saturated carbocycles. The third kappa shape index (κ3) is 10.7. The van der Waals surface area contributed by atoms with E-state index < -0.39 is 0 Å². The lowest BCUT2D eigenvalue weighted by Crippen LogP contribution is -2.31. The Bertz CT molecular complexity index is 1140. The molecular weight excluding hydrogens is 512 g/mol. The van der Waals surface area contributed by atoms with Gasteiger partial charge in [0, 0.05) is 56.8 Å². The average molecular weight is 553 g/mol. The number of pyridine rings is 2. The van der Waals surface area contributed by atoms with E-state index in [1.165, 1.54) is 0 Å². The van der Waals surface area contributed by atoms with Crippen LogP contribution in [0.1, 0.15) is 40.5 Å².